The van der Waals surface area contributed by atoms with Crippen molar-refractivity contribution in [1.29, 1.82) is 0 Å². The van der Waals surface area contributed by atoms with Gasteiger partial charge in [-0.1, -0.05) is 43.5 Å². The van der Waals surface area contributed by atoms with Gasteiger partial charge in [0.05, 0.1) is 6.04 Å². The summed E-state index contributed by atoms with van der Waals surface area (Å²) >= 11 is 6.10. The maximum Gasteiger partial charge on any atom is 0.318 e. The fourth-order valence-electron chi connectivity index (χ4n) is 3.32. The van der Waals surface area contributed by atoms with Gasteiger partial charge in [-0.15, -0.1) is 0 Å². The van der Waals surface area contributed by atoms with E-state index < -0.39 is 17.9 Å². The first-order valence-electron chi connectivity index (χ1n) is 8.52. The Morgan fingerprint density at radius 1 is 1.28 bits per heavy atom. The van der Waals surface area contributed by atoms with E-state index in [1.165, 1.54) is 0 Å². The Balaban J connectivity index is 2.06. The lowest BCUT2D eigenvalue weighted by molar-refractivity contribution is -0.130. The normalized spacial score (nSPS) is 16.9. The van der Waals surface area contributed by atoms with E-state index in [4.69, 9.17) is 17.3 Å². The molecule has 0 aliphatic heterocycles. The van der Waals surface area contributed by atoms with E-state index >= 15 is 0 Å². The van der Waals surface area contributed by atoms with E-state index in [9.17, 15) is 14.4 Å². The number of amides is 4. The second-order valence-corrected chi connectivity index (χ2v) is 7.04. The number of carbonyl (C=O) groups is 3. The highest BCUT2D eigenvalue weighted by Gasteiger charge is 2.29. The molecule has 0 aromatic heterocycles. The summed E-state index contributed by atoms with van der Waals surface area (Å²) in [7, 11) is 0. The van der Waals surface area contributed by atoms with E-state index in [0.29, 0.717) is 10.9 Å². The lowest BCUT2D eigenvalue weighted by Gasteiger charge is -2.27. The first-order valence-corrected chi connectivity index (χ1v) is 8.89. The summed E-state index contributed by atoms with van der Waals surface area (Å²) in [5.41, 5.74) is 5.89. The summed E-state index contributed by atoms with van der Waals surface area (Å²) < 4.78 is 0. The van der Waals surface area contributed by atoms with Crippen LogP contribution in [0.3, 0.4) is 0 Å². The predicted octanol–water partition coefficient (Wildman–Crippen LogP) is 2.91. The number of primary amides is 1. The van der Waals surface area contributed by atoms with Gasteiger partial charge in [-0.25, -0.2) is 4.79 Å². The Morgan fingerprint density at radius 3 is 2.56 bits per heavy atom. The molecule has 0 radical (unpaired) electrons. The zero-order valence-corrected chi connectivity index (χ0v) is 15.0. The van der Waals surface area contributed by atoms with Crippen LogP contribution in [0.1, 0.15) is 50.6 Å². The van der Waals surface area contributed by atoms with Gasteiger partial charge in [0.15, 0.2) is 0 Å². The van der Waals surface area contributed by atoms with Crippen LogP contribution in [0.5, 0.6) is 0 Å². The molecule has 2 atom stereocenters. The number of nitrogens with one attached hydrogen (secondary N) is 2. The number of imide groups is 1. The van der Waals surface area contributed by atoms with Crippen LogP contribution in [-0.2, 0) is 9.59 Å². The summed E-state index contributed by atoms with van der Waals surface area (Å²) in [6.45, 7) is 1.65. The van der Waals surface area contributed by atoms with Gasteiger partial charge in [0.25, 0.3) is 0 Å². The summed E-state index contributed by atoms with van der Waals surface area (Å²) in [6, 6.07) is 6.45. The first kappa shape index (κ1) is 19.2. The Hall–Kier alpha value is -2.08. The van der Waals surface area contributed by atoms with Gasteiger partial charge < -0.3 is 11.1 Å². The molecule has 4 amide bonds. The first-order chi connectivity index (χ1) is 11.9. The SMILES string of the molecule is CC(CC(=O)NC(N)=O)C(=O)NC(c1cccc(Cl)c1)C1CCCC1. The van der Waals surface area contributed by atoms with Gasteiger partial charge in [0.2, 0.25) is 11.8 Å². The number of hydrogen-bond acceptors (Lipinski definition) is 3. The number of halogens is 1. The molecule has 1 aliphatic carbocycles. The van der Waals surface area contributed by atoms with Crippen LogP contribution in [0.2, 0.25) is 5.02 Å². The molecule has 1 aromatic carbocycles. The summed E-state index contributed by atoms with van der Waals surface area (Å²) in [5, 5.41) is 5.67. The number of benzene rings is 1. The van der Waals surface area contributed by atoms with Crippen molar-refractivity contribution in [1.82, 2.24) is 10.6 Å². The minimum Gasteiger partial charge on any atom is -0.351 e. The maximum absolute atomic E-state index is 12.5. The van der Waals surface area contributed by atoms with E-state index in [1.54, 1.807) is 13.0 Å². The smallest absolute Gasteiger partial charge is 0.318 e. The fraction of sp³-hybridized carbons (Fsp3) is 0.500. The zero-order valence-electron chi connectivity index (χ0n) is 14.3. The van der Waals surface area contributed by atoms with Crippen LogP contribution >= 0.6 is 11.6 Å². The van der Waals surface area contributed by atoms with Crippen molar-refractivity contribution in [3.05, 3.63) is 34.9 Å². The van der Waals surface area contributed by atoms with Gasteiger partial charge in [0, 0.05) is 17.4 Å². The van der Waals surface area contributed by atoms with Gasteiger partial charge in [0.1, 0.15) is 0 Å². The minimum absolute atomic E-state index is 0.0955. The predicted molar refractivity (Wildman–Crippen MR) is 95.8 cm³/mol. The van der Waals surface area contributed by atoms with Crippen molar-refractivity contribution in [3.63, 3.8) is 0 Å². The molecule has 2 rings (SSSR count). The van der Waals surface area contributed by atoms with Crippen LogP contribution in [0, 0.1) is 11.8 Å². The van der Waals surface area contributed by atoms with Crippen molar-refractivity contribution >= 4 is 29.4 Å². The molecular weight excluding hydrogens is 342 g/mol. The lowest BCUT2D eigenvalue weighted by atomic mass is 9.91. The molecular formula is C18H24ClN3O3. The topological polar surface area (TPSA) is 101 Å². The molecule has 0 saturated heterocycles. The Labute approximate surface area is 152 Å². The standard InChI is InChI=1S/C18H24ClN3O3/c1-11(9-15(23)21-18(20)25)17(24)22-16(12-5-2-3-6-12)13-7-4-8-14(19)10-13/h4,7-8,10-12,16H,2-3,5-6,9H2,1H3,(H,22,24)(H3,20,21,23,25). The van der Waals surface area contributed by atoms with E-state index in [2.05, 4.69) is 5.32 Å². The number of carbonyl (C=O) groups excluding carboxylic acids is 3. The highest BCUT2D eigenvalue weighted by Crippen LogP contribution is 2.36. The molecule has 6 nitrogen and oxygen atoms in total. The Kier molecular flexibility index (Phi) is 6.82. The summed E-state index contributed by atoms with van der Waals surface area (Å²) in [4.78, 5) is 34.9. The molecule has 2 unspecified atom stereocenters. The lowest BCUT2D eigenvalue weighted by Crippen LogP contribution is -2.40. The molecule has 1 aliphatic rings. The monoisotopic (exact) mass is 365 g/mol. The summed E-state index contributed by atoms with van der Waals surface area (Å²) in [6.07, 6.45) is 4.30. The average molecular weight is 366 g/mol. The highest BCUT2D eigenvalue weighted by molar-refractivity contribution is 6.30. The van der Waals surface area contributed by atoms with Crippen molar-refractivity contribution in [3.8, 4) is 0 Å². The minimum atomic E-state index is -0.916. The zero-order chi connectivity index (χ0) is 18.4. The van der Waals surface area contributed by atoms with E-state index in [-0.39, 0.29) is 18.4 Å². The van der Waals surface area contributed by atoms with Crippen LogP contribution in [0.15, 0.2) is 24.3 Å². The van der Waals surface area contributed by atoms with Crippen molar-refractivity contribution in [2.24, 2.45) is 17.6 Å². The Bertz CT molecular complexity index is 644. The van der Waals surface area contributed by atoms with Crippen molar-refractivity contribution in [2.45, 2.75) is 45.1 Å². The van der Waals surface area contributed by atoms with Gasteiger partial charge in [-0.2, -0.15) is 0 Å². The molecule has 7 heteroatoms. The second-order valence-electron chi connectivity index (χ2n) is 6.60. The molecule has 25 heavy (non-hydrogen) atoms. The van der Waals surface area contributed by atoms with Crippen LogP contribution in [0.25, 0.3) is 0 Å². The largest absolute Gasteiger partial charge is 0.351 e. The molecule has 0 bridgehead atoms. The number of urea groups is 1. The number of nitrogens with two attached hydrogens (primary N) is 1. The summed E-state index contributed by atoms with van der Waals surface area (Å²) in [5.74, 6) is -0.997. The molecule has 1 fully saturated rings. The molecule has 1 saturated carbocycles. The second kappa shape index (κ2) is 8.85. The van der Waals surface area contributed by atoms with Crippen molar-refractivity contribution < 1.29 is 14.4 Å². The van der Waals surface area contributed by atoms with Crippen LogP contribution < -0.4 is 16.4 Å². The quantitative estimate of drug-likeness (QED) is 0.722. The average Bonchev–Trinajstić information content (AvgIpc) is 3.05. The highest BCUT2D eigenvalue weighted by atomic mass is 35.5. The van der Waals surface area contributed by atoms with Gasteiger partial charge in [-0.05, 0) is 36.5 Å². The Morgan fingerprint density at radius 2 is 1.96 bits per heavy atom. The maximum atomic E-state index is 12.5. The molecule has 0 heterocycles. The molecule has 4 N–H and O–H groups in total. The number of rotatable bonds is 6. The third-order valence-corrected chi connectivity index (χ3v) is 4.81. The van der Waals surface area contributed by atoms with E-state index in [0.717, 1.165) is 31.2 Å². The molecule has 1 aromatic rings. The van der Waals surface area contributed by atoms with E-state index in [1.807, 2.05) is 23.5 Å². The van der Waals surface area contributed by atoms with Crippen LogP contribution in [-0.4, -0.2) is 17.8 Å². The van der Waals surface area contributed by atoms with Gasteiger partial charge in [-0.3, -0.25) is 14.9 Å². The third-order valence-electron chi connectivity index (χ3n) is 4.58. The molecule has 0 spiro atoms. The number of hydrogen-bond donors (Lipinski definition) is 3. The molecule has 136 valence electrons. The fourth-order valence-corrected chi connectivity index (χ4v) is 3.52. The van der Waals surface area contributed by atoms with Crippen LogP contribution in [0.4, 0.5) is 4.79 Å². The van der Waals surface area contributed by atoms with Gasteiger partial charge >= 0.3 is 6.03 Å². The third kappa shape index (κ3) is 5.74. The van der Waals surface area contributed by atoms with Crippen molar-refractivity contribution in [2.75, 3.05) is 0 Å².